The molecule has 0 aliphatic heterocycles. The molecule has 0 spiro atoms. The van der Waals surface area contributed by atoms with Crippen molar-refractivity contribution in [1.29, 1.82) is 0 Å². The lowest BCUT2D eigenvalue weighted by molar-refractivity contribution is -0.135. The van der Waals surface area contributed by atoms with Gasteiger partial charge in [-0.1, -0.05) is 6.07 Å². The maximum absolute atomic E-state index is 11.6. The van der Waals surface area contributed by atoms with Crippen LogP contribution in [0.1, 0.15) is 10.5 Å². The fourth-order valence-corrected chi connectivity index (χ4v) is 1.54. The standard InChI is InChI=1S/C13H11N3O4/c17-10-5-8(9-3-1-2-4-14-9)6-15-12(10)13(20)16-7-11(18)19/h1-6,17H,7H2,(H,16,20)(H,18,19). The summed E-state index contributed by atoms with van der Waals surface area (Å²) >= 11 is 0. The van der Waals surface area contributed by atoms with Crippen LogP contribution in [0, 0.1) is 0 Å². The van der Waals surface area contributed by atoms with Gasteiger partial charge in [0.25, 0.3) is 5.91 Å². The topological polar surface area (TPSA) is 112 Å². The van der Waals surface area contributed by atoms with Gasteiger partial charge in [-0.3, -0.25) is 14.6 Å². The van der Waals surface area contributed by atoms with Gasteiger partial charge >= 0.3 is 5.97 Å². The molecule has 0 saturated heterocycles. The summed E-state index contributed by atoms with van der Waals surface area (Å²) in [6.07, 6.45) is 2.98. The molecule has 0 unspecified atom stereocenters. The predicted molar refractivity (Wildman–Crippen MR) is 69.1 cm³/mol. The number of nitrogens with one attached hydrogen (secondary N) is 1. The van der Waals surface area contributed by atoms with Crippen LogP contribution in [-0.2, 0) is 4.79 Å². The molecule has 0 aliphatic carbocycles. The van der Waals surface area contributed by atoms with Crippen LogP contribution in [-0.4, -0.2) is 38.6 Å². The van der Waals surface area contributed by atoms with Crippen molar-refractivity contribution in [2.75, 3.05) is 6.54 Å². The second kappa shape index (κ2) is 5.79. The summed E-state index contributed by atoms with van der Waals surface area (Å²) in [5, 5.41) is 20.4. The van der Waals surface area contributed by atoms with Crippen LogP contribution < -0.4 is 5.32 Å². The van der Waals surface area contributed by atoms with Gasteiger partial charge in [0.1, 0.15) is 12.3 Å². The van der Waals surface area contributed by atoms with Gasteiger partial charge in [0.2, 0.25) is 0 Å². The monoisotopic (exact) mass is 273 g/mol. The molecule has 0 fully saturated rings. The first-order valence-electron chi connectivity index (χ1n) is 5.68. The maximum atomic E-state index is 11.6. The zero-order valence-corrected chi connectivity index (χ0v) is 10.3. The Bertz CT molecular complexity index is 643. The van der Waals surface area contributed by atoms with Gasteiger partial charge in [-0.05, 0) is 18.2 Å². The van der Waals surface area contributed by atoms with Crippen molar-refractivity contribution in [2.24, 2.45) is 0 Å². The third kappa shape index (κ3) is 3.08. The Morgan fingerprint density at radius 3 is 2.65 bits per heavy atom. The van der Waals surface area contributed by atoms with E-state index in [0.29, 0.717) is 11.3 Å². The molecule has 2 heterocycles. The van der Waals surface area contributed by atoms with E-state index in [4.69, 9.17) is 5.11 Å². The molecule has 2 aromatic heterocycles. The molecule has 1 amide bonds. The molecule has 0 atom stereocenters. The number of hydrogen-bond acceptors (Lipinski definition) is 5. The molecule has 0 bridgehead atoms. The SMILES string of the molecule is O=C(O)CNC(=O)c1ncc(-c2ccccn2)cc1O. The Morgan fingerprint density at radius 1 is 1.25 bits per heavy atom. The summed E-state index contributed by atoms with van der Waals surface area (Å²) < 4.78 is 0. The van der Waals surface area contributed by atoms with Crippen LogP contribution in [0.2, 0.25) is 0 Å². The smallest absolute Gasteiger partial charge is 0.322 e. The van der Waals surface area contributed by atoms with Crippen molar-refractivity contribution in [1.82, 2.24) is 15.3 Å². The second-order valence-corrected chi connectivity index (χ2v) is 3.88. The largest absolute Gasteiger partial charge is 0.505 e. The lowest BCUT2D eigenvalue weighted by atomic mass is 10.1. The maximum Gasteiger partial charge on any atom is 0.322 e. The van der Waals surface area contributed by atoms with Gasteiger partial charge < -0.3 is 15.5 Å². The normalized spacial score (nSPS) is 10.0. The molecule has 20 heavy (non-hydrogen) atoms. The zero-order valence-electron chi connectivity index (χ0n) is 10.3. The van der Waals surface area contributed by atoms with Crippen molar-refractivity contribution < 1.29 is 19.8 Å². The van der Waals surface area contributed by atoms with E-state index in [2.05, 4.69) is 15.3 Å². The van der Waals surface area contributed by atoms with Gasteiger partial charge in [0, 0.05) is 18.0 Å². The van der Waals surface area contributed by atoms with E-state index in [1.807, 2.05) is 0 Å². The second-order valence-electron chi connectivity index (χ2n) is 3.88. The molecule has 0 aromatic carbocycles. The Balaban J connectivity index is 2.22. The van der Waals surface area contributed by atoms with Crippen molar-refractivity contribution in [2.45, 2.75) is 0 Å². The van der Waals surface area contributed by atoms with Crippen molar-refractivity contribution in [3.05, 3.63) is 42.4 Å². The number of aromatic nitrogens is 2. The summed E-state index contributed by atoms with van der Waals surface area (Å²) in [5.74, 6) is -2.27. The summed E-state index contributed by atoms with van der Waals surface area (Å²) in [6.45, 7) is -0.540. The van der Waals surface area contributed by atoms with Crippen molar-refractivity contribution in [3.63, 3.8) is 0 Å². The fraction of sp³-hybridized carbons (Fsp3) is 0.0769. The molecule has 0 radical (unpaired) electrons. The average Bonchev–Trinajstić information content (AvgIpc) is 2.45. The number of rotatable bonds is 4. The lowest BCUT2D eigenvalue weighted by Gasteiger charge is -2.06. The van der Waals surface area contributed by atoms with E-state index in [1.54, 1.807) is 24.4 Å². The van der Waals surface area contributed by atoms with E-state index in [0.717, 1.165) is 0 Å². The first kappa shape index (κ1) is 13.5. The summed E-state index contributed by atoms with van der Waals surface area (Å²) in [7, 11) is 0. The van der Waals surface area contributed by atoms with Gasteiger partial charge in [0.05, 0.1) is 5.69 Å². The highest BCUT2D eigenvalue weighted by Crippen LogP contribution is 2.22. The first-order valence-corrected chi connectivity index (χ1v) is 5.68. The minimum absolute atomic E-state index is 0.231. The predicted octanol–water partition coefficient (Wildman–Crippen LogP) is 0.664. The Kier molecular flexibility index (Phi) is 3.90. The Hall–Kier alpha value is -2.96. The molecule has 0 aliphatic rings. The number of nitrogens with zero attached hydrogens (tertiary/aromatic N) is 2. The third-order valence-corrected chi connectivity index (χ3v) is 2.44. The first-order chi connectivity index (χ1) is 9.58. The number of pyridine rings is 2. The van der Waals surface area contributed by atoms with E-state index in [9.17, 15) is 14.7 Å². The van der Waals surface area contributed by atoms with Gasteiger partial charge in [-0.15, -0.1) is 0 Å². The number of amides is 1. The number of aromatic hydroxyl groups is 1. The van der Waals surface area contributed by atoms with E-state index in [-0.39, 0.29) is 11.4 Å². The quantitative estimate of drug-likeness (QED) is 0.754. The summed E-state index contributed by atoms with van der Waals surface area (Å²) in [6, 6.07) is 6.63. The molecular formula is C13H11N3O4. The Morgan fingerprint density at radius 2 is 2.05 bits per heavy atom. The highest BCUT2D eigenvalue weighted by Gasteiger charge is 2.15. The number of carboxylic acids is 1. The van der Waals surface area contributed by atoms with E-state index < -0.39 is 18.4 Å². The molecule has 7 nitrogen and oxygen atoms in total. The summed E-state index contributed by atoms with van der Waals surface area (Å²) in [4.78, 5) is 29.9. The van der Waals surface area contributed by atoms with Crippen LogP contribution >= 0.6 is 0 Å². The highest BCUT2D eigenvalue weighted by molar-refractivity contribution is 5.96. The van der Waals surface area contributed by atoms with Crippen LogP contribution in [0.25, 0.3) is 11.3 Å². The molecular weight excluding hydrogens is 262 g/mol. The van der Waals surface area contributed by atoms with Crippen molar-refractivity contribution in [3.8, 4) is 17.0 Å². The fourth-order valence-electron chi connectivity index (χ4n) is 1.54. The minimum Gasteiger partial charge on any atom is -0.505 e. The highest BCUT2D eigenvalue weighted by atomic mass is 16.4. The number of carbonyl (C=O) groups excluding carboxylic acids is 1. The van der Waals surface area contributed by atoms with Crippen LogP contribution in [0.4, 0.5) is 0 Å². The van der Waals surface area contributed by atoms with E-state index in [1.165, 1.54) is 12.3 Å². The molecule has 7 heteroatoms. The van der Waals surface area contributed by atoms with E-state index >= 15 is 0 Å². The van der Waals surface area contributed by atoms with Crippen LogP contribution in [0.15, 0.2) is 36.7 Å². The Labute approximate surface area is 113 Å². The zero-order chi connectivity index (χ0) is 14.5. The minimum atomic E-state index is -1.18. The third-order valence-electron chi connectivity index (χ3n) is 2.44. The lowest BCUT2D eigenvalue weighted by Crippen LogP contribution is -2.29. The molecule has 2 rings (SSSR count). The molecule has 0 saturated carbocycles. The molecule has 102 valence electrons. The van der Waals surface area contributed by atoms with Gasteiger partial charge in [-0.2, -0.15) is 0 Å². The number of carbonyl (C=O) groups is 2. The van der Waals surface area contributed by atoms with Crippen LogP contribution in [0.5, 0.6) is 5.75 Å². The van der Waals surface area contributed by atoms with Crippen LogP contribution in [0.3, 0.4) is 0 Å². The number of aliphatic carboxylic acids is 1. The molecule has 3 N–H and O–H groups in total. The number of carboxylic acid groups (broad SMARTS) is 1. The average molecular weight is 273 g/mol. The molecule has 2 aromatic rings. The number of hydrogen-bond donors (Lipinski definition) is 3. The van der Waals surface area contributed by atoms with Gasteiger partial charge in [0.15, 0.2) is 5.69 Å². The van der Waals surface area contributed by atoms with Crippen molar-refractivity contribution >= 4 is 11.9 Å². The summed E-state index contributed by atoms with van der Waals surface area (Å²) in [5.41, 5.74) is 0.927. The van der Waals surface area contributed by atoms with Gasteiger partial charge in [-0.25, -0.2) is 4.98 Å².